The van der Waals surface area contributed by atoms with Crippen molar-refractivity contribution in [1.82, 2.24) is 14.8 Å². The summed E-state index contributed by atoms with van der Waals surface area (Å²) in [6.07, 6.45) is 6.79. The van der Waals surface area contributed by atoms with Crippen LogP contribution in [0.3, 0.4) is 0 Å². The number of rotatable bonds is 2. The van der Waals surface area contributed by atoms with Gasteiger partial charge in [-0.2, -0.15) is 5.10 Å². The molecule has 0 unspecified atom stereocenters. The molecule has 1 saturated carbocycles. The molecule has 20 heavy (non-hydrogen) atoms. The summed E-state index contributed by atoms with van der Waals surface area (Å²) in [7, 11) is 1.91. The van der Waals surface area contributed by atoms with E-state index in [1.165, 1.54) is 25.7 Å². The zero-order chi connectivity index (χ0) is 14.1. The number of nitrogens with two attached hydrogens (primary N) is 1. The average Bonchev–Trinajstić information content (AvgIpc) is 2.77. The molecule has 106 valence electrons. The maximum absolute atomic E-state index is 6.23. The van der Waals surface area contributed by atoms with Crippen molar-refractivity contribution < 1.29 is 0 Å². The minimum atomic E-state index is 0.520. The summed E-state index contributed by atoms with van der Waals surface area (Å²) in [5.74, 6) is 2.08. The zero-order valence-corrected chi connectivity index (χ0v) is 12.2. The lowest BCUT2D eigenvalue weighted by atomic mass is 9.80. The van der Waals surface area contributed by atoms with E-state index in [1.807, 2.05) is 31.4 Å². The van der Waals surface area contributed by atoms with Gasteiger partial charge in [0.05, 0.1) is 17.0 Å². The maximum atomic E-state index is 6.23. The summed E-state index contributed by atoms with van der Waals surface area (Å²) in [5, 5.41) is 4.69. The lowest BCUT2D eigenvalue weighted by Gasteiger charge is -2.25. The molecule has 0 bridgehead atoms. The van der Waals surface area contributed by atoms with Gasteiger partial charge in [-0.05, 0) is 30.9 Å². The van der Waals surface area contributed by atoms with Crippen molar-refractivity contribution in [3.63, 3.8) is 0 Å². The molecule has 2 N–H and O–H groups in total. The van der Waals surface area contributed by atoms with Gasteiger partial charge in [-0.25, -0.2) is 0 Å². The van der Waals surface area contributed by atoms with E-state index in [0.29, 0.717) is 5.92 Å². The third-order valence-electron chi connectivity index (χ3n) is 4.44. The quantitative estimate of drug-likeness (QED) is 0.910. The molecule has 0 amide bonds. The van der Waals surface area contributed by atoms with Crippen molar-refractivity contribution in [3.05, 3.63) is 30.1 Å². The van der Waals surface area contributed by atoms with Crippen LogP contribution in [-0.2, 0) is 7.05 Å². The molecule has 0 aliphatic heterocycles. The van der Waals surface area contributed by atoms with E-state index in [2.05, 4.69) is 17.0 Å². The molecule has 1 aliphatic carbocycles. The van der Waals surface area contributed by atoms with Gasteiger partial charge in [-0.3, -0.25) is 9.67 Å². The summed E-state index contributed by atoms with van der Waals surface area (Å²) in [5.41, 5.74) is 9.34. The molecule has 4 heteroatoms. The lowest BCUT2D eigenvalue weighted by Crippen LogP contribution is -2.12. The van der Waals surface area contributed by atoms with E-state index in [1.54, 1.807) is 4.68 Å². The van der Waals surface area contributed by atoms with E-state index >= 15 is 0 Å². The first-order valence-electron chi connectivity index (χ1n) is 7.40. The fraction of sp³-hybridized carbons (Fsp3) is 0.500. The van der Waals surface area contributed by atoms with Gasteiger partial charge in [0.2, 0.25) is 0 Å². The minimum absolute atomic E-state index is 0.520. The molecule has 2 aromatic heterocycles. The molecule has 0 aromatic carbocycles. The van der Waals surface area contributed by atoms with Gasteiger partial charge in [0.25, 0.3) is 0 Å². The lowest BCUT2D eigenvalue weighted by molar-refractivity contribution is 0.343. The topological polar surface area (TPSA) is 56.7 Å². The summed E-state index contributed by atoms with van der Waals surface area (Å²) < 4.78 is 1.79. The minimum Gasteiger partial charge on any atom is -0.383 e. The fourth-order valence-electron chi connectivity index (χ4n) is 3.15. The van der Waals surface area contributed by atoms with Crippen molar-refractivity contribution in [2.45, 2.75) is 38.5 Å². The predicted octanol–water partition coefficient (Wildman–Crippen LogP) is 3.36. The van der Waals surface area contributed by atoms with E-state index in [-0.39, 0.29) is 0 Å². The Morgan fingerprint density at radius 1 is 1.20 bits per heavy atom. The normalized spacial score (nSPS) is 22.9. The number of hydrogen-bond donors (Lipinski definition) is 1. The summed E-state index contributed by atoms with van der Waals surface area (Å²) in [4.78, 5) is 4.46. The molecule has 0 atom stereocenters. The van der Waals surface area contributed by atoms with Crippen molar-refractivity contribution >= 4 is 5.82 Å². The Labute approximate surface area is 120 Å². The van der Waals surface area contributed by atoms with Crippen LogP contribution in [0.2, 0.25) is 0 Å². The van der Waals surface area contributed by atoms with Crippen LogP contribution in [0.5, 0.6) is 0 Å². The Kier molecular flexibility index (Phi) is 3.47. The number of nitrogens with zero attached hydrogens (tertiary/aromatic N) is 3. The molecule has 0 radical (unpaired) electrons. The van der Waals surface area contributed by atoms with Crippen LogP contribution >= 0.6 is 0 Å². The highest BCUT2D eigenvalue weighted by molar-refractivity contribution is 5.74. The first-order valence-corrected chi connectivity index (χ1v) is 7.40. The highest BCUT2D eigenvalue weighted by Crippen LogP contribution is 2.40. The standard InChI is InChI=1S/C16H22N4/c1-11-6-8-12(9-7-11)15-14(16(17)20(2)19-15)13-5-3-4-10-18-13/h3-5,10-12H,6-9,17H2,1-2H3. The molecule has 0 spiro atoms. The van der Waals surface area contributed by atoms with Crippen LogP contribution in [0.25, 0.3) is 11.3 Å². The predicted molar refractivity (Wildman–Crippen MR) is 81.2 cm³/mol. The van der Waals surface area contributed by atoms with E-state index < -0.39 is 0 Å². The van der Waals surface area contributed by atoms with Crippen LogP contribution in [-0.4, -0.2) is 14.8 Å². The van der Waals surface area contributed by atoms with Crippen molar-refractivity contribution in [2.75, 3.05) is 5.73 Å². The van der Waals surface area contributed by atoms with Gasteiger partial charge in [0.15, 0.2) is 0 Å². The molecule has 0 saturated heterocycles. The second-order valence-corrected chi connectivity index (χ2v) is 5.94. The molecule has 1 fully saturated rings. The van der Waals surface area contributed by atoms with Crippen LogP contribution in [0, 0.1) is 5.92 Å². The number of aryl methyl sites for hydroxylation is 1. The Bertz CT molecular complexity index is 580. The summed E-state index contributed by atoms with van der Waals surface area (Å²) in [6.45, 7) is 2.34. The molecule has 2 heterocycles. The third-order valence-corrected chi connectivity index (χ3v) is 4.44. The van der Waals surface area contributed by atoms with E-state index in [0.717, 1.165) is 28.7 Å². The highest BCUT2D eigenvalue weighted by Gasteiger charge is 2.27. The van der Waals surface area contributed by atoms with Crippen molar-refractivity contribution in [2.24, 2.45) is 13.0 Å². The van der Waals surface area contributed by atoms with Crippen molar-refractivity contribution in [3.8, 4) is 11.3 Å². The van der Waals surface area contributed by atoms with Crippen LogP contribution in [0.1, 0.15) is 44.2 Å². The maximum Gasteiger partial charge on any atom is 0.131 e. The van der Waals surface area contributed by atoms with Gasteiger partial charge >= 0.3 is 0 Å². The first kappa shape index (κ1) is 13.2. The van der Waals surface area contributed by atoms with Crippen LogP contribution in [0.15, 0.2) is 24.4 Å². The number of pyridine rings is 1. The molecule has 4 nitrogen and oxygen atoms in total. The SMILES string of the molecule is CC1CCC(c2nn(C)c(N)c2-c2ccccn2)CC1. The second-order valence-electron chi connectivity index (χ2n) is 5.94. The number of aromatic nitrogens is 3. The smallest absolute Gasteiger partial charge is 0.131 e. The first-order chi connectivity index (χ1) is 9.66. The van der Waals surface area contributed by atoms with Crippen LogP contribution < -0.4 is 5.73 Å². The Balaban J connectivity index is 2.01. The molecule has 3 rings (SSSR count). The van der Waals surface area contributed by atoms with Gasteiger partial charge in [-0.1, -0.05) is 25.8 Å². The Morgan fingerprint density at radius 2 is 1.95 bits per heavy atom. The van der Waals surface area contributed by atoms with Gasteiger partial charge in [-0.15, -0.1) is 0 Å². The van der Waals surface area contributed by atoms with Crippen LogP contribution in [0.4, 0.5) is 5.82 Å². The Hall–Kier alpha value is -1.84. The van der Waals surface area contributed by atoms with E-state index in [4.69, 9.17) is 5.73 Å². The second kappa shape index (κ2) is 5.27. The monoisotopic (exact) mass is 270 g/mol. The number of nitrogen functional groups attached to an aromatic ring is 1. The summed E-state index contributed by atoms with van der Waals surface area (Å²) in [6, 6.07) is 5.95. The molecule has 1 aliphatic rings. The van der Waals surface area contributed by atoms with Gasteiger partial charge in [0.1, 0.15) is 5.82 Å². The molecular formula is C16H22N4. The van der Waals surface area contributed by atoms with E-state index in [9.17, 15) is 0 Å². The summed E-state index contributed by atoms with van der Waals surface area (Å²) >= 11 is 0. The van der Waals surface area contributed by atoms with Gasteiger partial charge in [0, 0.05) is 19.2 Å². The molecule has 2 aromatic rings. The Morgan fingerprint density at radius 3 is 2.60 bits per heavy atom. The highest BCUT2D eigenvalue weighted by atomic mass is 15.3. The van der Waals surface area contributed by atoms with Crippen molar-refractivity contribution in [1.29, 1.82) is 0 Å². The average molecular weight is 270 g/mol. The zero-order valence-electron chi connectivity index (χ0n) is 12.2. The number of anilines is 1. The molecular weight excluding hydrogens is 248 g/mol. The van der Waals surface area contributed by atoms with Gasteiger partial charge < -0.3 is 5.73 Å². The third kappa shape index (κ3) is 2.30. The largest absolute Gasteiger partial charge is 0.383 e. The fourth-order valence-corrected chi connectivity index (χ4v) is 3.15. The number of hydrogen-bond acceptors (Lipinski definition) is 3.